The lowest BCUT2D eigenvalue weighted by molar-refractivity contribution is 0.197. The zero-order valence-corrected chi connectivity index (χ0v) is 6.18. The van der Waals surface area contributed by atoms with Crippen LogP contribution in [0.25, 0.3) is 0 Å². The van der Waals surface area contributed by atoms with Gasteiger partial charge < -0.3 is 4.74 Å². The molecule has 4 aliphatic rings. The quantitative estimate of drug-likeness (QED) is 0.371. The second-order valence-corrected chi connectivity index (χ2v) is 4.14. The lowest BCUT2D eigenvalue weighted by Crippen LogP contribution is -2.16. The van der Waals surface area contributed by atoms with E-state index in [4.69, 9.17) is 4.74 Å². The van der Waals surface area contributed by atoms with Gasteiger partial charge in [-0.25, -0.2) is 0 Å². The Labute approximate surface area is 65.7 Å². The van der Waals surface area contributed by atoms with Crippen molar-refractivity contribution < 1.29 is 4.74 Å². The molecule has 1 saturated carbocycles. The van der Waals surface area contributed by atoms with Gasteiger partial charge in [-0.2, -0.15) is 0 Å². The van der Waals surface area contributed by atoms with Gasteiger partial charge in [-0.1, -0.05) is 24.3 Å². The van der Waals surface area contributed by atoms with E-state index in [1.807, 2.05) is 0 Å². The molecule has 1 heterocycles. The van der Waals surface area contributed by atoms with Crippen LogP contribution in [0.3, 0.4) is 0 Å². The second kappa shape index (κ2) is 1.34. The highest BCUT2D eigenvalue weighted by atomic mass is 16.6. The Balaban J connectivity index is 1.92. The fraction of sp³-hybridized carbons (Fsp3) is 0.600. The lowest BCUT2D eigenvalue weighted by atomic mass is 9.89. The molecule has 3 aliphatic carbocycles. The maximum atomic E-state index is 5.59. The molecule has 6 atom stereocenters. The zero-order valence-electron chi connectivity index (χ0n) is 6.18. The van der Waals surface area contributed by atoms with E-state index in [1.54, 1.807) is 0 Å². The van der Waals surface area contributed by atoms with Gasteiger partial charge in [-0.15, -0.1) is 0 Å². The van der Waals surface area contributed by atoms with Crippen molar-refractivity contribution in [1.82, 2.24) is 0 Å². The van der Waals surface area contributed by atoms with Crippen LogP contribution in [0.4, 0.5) is 0 Å². The Hall–Kier alpha value is -0.560. The van der Waals surface area contributed by atoms with Crippen LogP contribution < -0.4 is 0 Å². The van der Waals surface area contributed by atoms with E-state index in [1.165, 1.54) is 0 Å². The molecule has 2 unspecified atom stereocenters. The molecule has 0 aromatic heterocycles. The van der Waals surface area contributed by atoms with Crippen molar-refractivity contribution in [2.75, 3.05) is 0 Å². The Morgan fingerprint density at radius 1 is 0.818 bits per heavy atom. The molecule has 4 rings (SSSR count). The highest BCUT2D eigenvalue weighted by molar-refractivity contribution is 5.31. The second-order valence-electron chi connectivity index (χ2n) is 4.14. The van der Waals surface area contributed by atoms with Crippen LogP contribution in [0.5, 0.6) is 0 Å². The van der Waals surface area contributed by atoms with Crippen LogP contribution >= 0.6 is 0 Å². The van der Waals surface area contributed by atoms with Crippen molar-refractivity contribution in [2.45, 2.75) is 12.2 Å². The maximum Gasteiger partial charge on any atom is 0.0913 e. The summed E-state index contributed by atoms with van der Waals surface area (Å²) in [4.78, 5) is 0. The molecule has 1 heteroatoms. The number of epoxide rings is 1. The molecular formula is C10H10O. The molecule has 0 amide bonds. The van der Waals surface area contributed by atoms with E-state index >= 15 is 0 Å². The monoisotopic (exact) mass is 146 g/mol. The number of ether oxygens (including phenoxy) is 1. The molecular weight excluding hydrogens is 136 g/mol. The summed E-state index contributed by atoms with van der Waals surface area (Å²) in [5.41, 5.74) is 0. The van der Waals surface area contributed by atoms with Crippen molar-refractivity contribution >= 4 is 0 Å². The van der Waals surface area contributed by atoms with Gasteiger partial charge in [-0.3, -0.25) is 0 Å². The maximum absolute atomic E-state index is 5.59. The summed E-state index contributed by atoms with van der Waals surface area (Å²) >= 11 is 0. The Bertz CT molecular complexity index is 253. The van der Waals surface area contributed by atoms with Crippen LogP contribution in [0.1, 0.15) is 0 Å². The Morgan fingerprint density at radius 3 is 2.09 bits per heavy atom. The fourth-order valence-corrected chi connectivity index (χ4v) is 3.27. The molecule has 56 valence electrons. The molecule has 1 saturated heterocycles. The molecule has 0 N–H and O–H groups in total. The minimum atomic E-state index is 0.608. The molecule has 0 bridgehead atoms. The molecule has 0 aromatic rings. The molecule has 0 radical (unpaired) electrons. The van der Waals surface area contributed by atoms with E-state index in [9.17, 15) is 0 Å². The minimum Gasteiger partial charge on any atom is -0.368 e. The van der Waals surface area contributed by atoms with Gasteiger partial charge in [0.2, 0.25) is 0 Å². The topological polar surface area (TPSA) is 12.5 Å². The van der Waals surface area contributed by atoms with Gasteiger partial charge >= 0.3 is 0 Å². The first kappa shape index (κ1) is 5.15. The lowest BCUT2D eigenvalue weighted by Gasteiger charge is -2.17. The summed E-state index contributed by atoms with van der Waals surface area (Å²) in [6, 6.07) is 0. The van der Waals surface area contributed by atoms with E-state index in [-0.39, 0.29) is 0 Å². The van der Waals surface area contributed by atoms with Gasteiger partial charge in [0.1, 0.15) is 0 Å². The molecule has 1 aliphatic heterocycles. The summed E-state index contributed by atoms with van der Waals surface area (Å²) in [5.74, 6) is 3.20. The Kier molecular flexibility index (Phi) is 0.625. The molecule has 0 aromatic carbocycles. The van der Waals surface area contributed by atoms with Crippen LogP contribution in [0, 0.1) is 23.7 Å². The third-order valence-electron chi connectivity index (χ3n) is 3.76. The van der Waals surface area contributed by atoms with Gasteiger partial charge in [0.05, 0.1) is 12.2 Å². The van der Waals surface area contributed by atoms with Crippen LogP contribution in [-0.2, 0) is 4.74 Å². The molecule has 11 heavy (non-hydrogen) atoms. The number of hydrogen-bond donors (Lipinski definition) is 0. The molecule has 1 nitrogen and oxygen atoms in total. The van der Waals surface area contributed by atoms with Gasteiger partial charge in [0.25, 0.3) is 0 Å². The zero-order chi connectivity index (χ0) is 7.00. The standard InChI is InChI=1S/C10H10O/c1-3-6-8-5(1)2-4-7(8)10-9(6)11-10/h1-10H/t5?,6-,7+,8?,9+,10-. The number of rotatable bonds is 0. The van der Waals surface area contributed by atoms with Crippen molar-refractivity contribution in [3.63, 3.8) is 0 Å². The predicted molar refractivity (Wildman–Crippen MR) is 40.9 cm³/mol. The molecule has 0 spiro atoms. The Morgan fingerprint density at radius 2 is 1.45 bits per heavy atom. The van der Waals surface area contributed by atoms with Gasteiger partial charge in [0, 0.05) is 11.8 Å². The van der Waals surface area contributed by atoms with E-state index in [2.05, 4.69) is 24.3 Å². The van der Waals surface area contributed by atoms with E-state index in [0.717, 1.165) is 23.7 Å². The van der Waals surface area contributed by atoms with Crippen molar-refractivity contribution in [1.29, 1.82) is 0 Å². The van der Waals surface area contributed by atoms with Crippen LogP contribution in [0.2, 0.25) is 0 Å². The first-order chi connectivity index (χ1) is 5.45. The third kappa shape index (κ3) is 0.416. The summed E-state index contributed by atoms with van der Waals surface area (Å²) in [7, 11) is 0. The van der Waals surface area contributed by atoms with Crippen molar-refractivity contribution in [3.05, 3.63) is 24.3 Å². The first-order valence-electron chi connectivity index (χ1n) is 4.47. The minimum absolute atomic E-state index is 0.608. The van der Waals surface area contributed by atoms with E-state index in [0.29, 0.717) is 12.2 Å². The smallest absolute Gasteiger partial charge is 0.0913 e. The summed E-state index contributed by atoms with van der Waals surface area (Å²) in [6.07, 6.45) is 10.7. The summed E-state index contributed by atoms with van der Waals surface area (Å²) in [6.45, 7) is 0. The van der Waals surface area contributed by atoms with Crippen LogP contribution in [0.15, 0.2) is 24.3 Å². The first-order valence-corrected chi connectivity index (χ1v) is 4.47. The van der Waals surface area contributed by atoms with Crippen LogP contribution in [-0.4, -0.2) is 12.2 Å². The number of fused-ring (bicyclic) bond motifs is 3. The number of hydrogen-bond acceptors (Lipinski definition) is 1. The van der Waals surface area contributed by atoms with Gasteiger partial charge in [-0.05, 0) is 11.8 Å². The largest absolute Gasteiger partial charge is 0.368 e. The highest BCUT2D eigenvalue weighted by Gasteiger charge is 2.63. The van der Waals surface area contributed by atoms with Crippen molar-refractivity contribution in [3.8, 4) is 0 Å². The SMILES string of the molecule is C1=C[C@@H]2C3C1C=C[C@@H]3[C@H]1O[C@H]12. The predicted octanol–water partition coefficient (Wildman–Crippen LogP) is 1.37. The average molecular weight is 146 g/mol. The third-order valence-corrected chi connectivity index (χ3v) is 3.76. The fourth-order valence-electron chi connectivity index (χ4n) is 3.27. The molecule has 2 fully saturated rings. The normalized spacial score (nSPS) is 66.9. The van der Waals surface area contributed by atoms with E-state index < -0.39 is 0 Å². The average Bonchev–Trinajstić information content (AvgIpc) is 2.49. The summed E-state index contributed by atoms with van der Waals surface area (Å²) < 4.78 is 5.59. The highest BCUT2D eigenvalue weighted by Crippen LogP contribution is 2.60. The van der Waals surface area contributed by atoms with Gasteiger partial charge in [0.15, 0.2) is 0 Å². The van der Waals surface area contributed by atoms with Crippen molar-refractivity contribution in [2.24, 2.45) is 23.7 Å². The number of allylic oxidation sites excluding steroid dienone is 2. The summed E-state index contributed by atoms with van der Waals surface area (Å²) in [5, 5.41) is 0.